The lowest BCUT2D eigenvalue weighted by atomic mass is 9.96. The molecule has 0 aromatic heterocycles. The fourth-order valence-corrected chi connectivity index (χ4v) is 5.58. The number of nitrogens with one attached hydrogen (secondary N) is 1. The molecule has 1 atom stereocenters. The van der Waals surface area contributed by atoms with Crippen LogP contribution < -0.4 is 10.3 Å². The van der Waals surface area contributed by atoms with Gasteiger partial charge in [0, 0.05) is 11.4 Å². The Morgan fingerprint density at radius 3 is 1.97 bits per heavy atom. The number of nitrogens with zero attached hydrogens (tertiary/aromatic N) is 2. The molecule has 39 heavy (non-hydrogen) atoms. The topological polar surface area (TPSA) is 99.1 Å². The van der Waals surface area contributed by atoms with Crippen molar-refractivity contribution in [2.75, 3.05) is 5.01 Å². The molecule has 1 heterocycles. The third kappa shape index (κ3) is 12.3. The van der Waals surface area contributed by atoms with E-state index in [-0.39, 0.29) is 34.4 Å². The van der Waals surface area contributed by atoms with Crippen LogP contribution >= 0.6 is 34.8 Å². The Morgan fingerprint density at radius 2 is 1.46 bits per heavy atom. The summed E-state index contributed by atoms with van der Waals surface area (Å²) in [4.78, 5) is 36.7. The molecular weight excluding hydrogens is 561 g/mol. The monoisotopic (exact) mass is 599 g/mol. The normalized spacial score (nSPS) is 13.9. The first kappa shape index (κ1) is 33.1. The number of carbonyl (C=O) groups is 3. The van der Waals surface area contributed by atoms with Crippen LogP contribution in [-0.2, 0) is 14.4 Å². The number of aliphatic carboxylic acids is 1. The van der Waals surface area contributed by atoms with Gasteiger partial charge in [-0.15, -0.1) is 6.58 Å². The molecule has 1 aromatic carbocycles. The summed E-state index contributed by atoms with van der Waals surface area (Å²) in [7, 11) is 0. The van der Waals surface area contributed by atoms with Gasteiger partial charge in [-0.05, 0) is 31.4 Å². The molecule has 7 nitrogen and oxygen atoms in total. The van der Waals surface area contributed by atoms with Gasteiger partial charge < -0.3 is 10.4 Å². The van der Waals surface area contributed by atoms with Gasteiger partial charge >= 0.3 is 5.97 Å². The van der Waals surface area contributed by atoms with E-state index in [4.69, 9.17) is 34.8 Å². The van der Waals surface area contributed by atoms with Gasteiger partial charge in [0.2, 0.25) is 5.91 Å². The third-order valence-corrected chi connectivity index (χ3v) is 7.54. The number of rotatable bonds is 19. The molecule has 2 rings (SSSR count). The van der Waals surface area contributed by atoms with Crippen molar-refractivity contribution in [3.05, 3.63) is 39.9 Å². The maximum Gasteiger partial charge on any atom is 0.307 e. The van der Waals surface area contributed by atoms with Crippen LogP contribution in [0.2, 0.25) is 15.1 Å². The number of hydrogen-bond donors (Lipinski definition) is 2. The Morgan fingerprint density at radius 1 is 0.949 bits per heavy atom. The molecule has 0 radical (unpaired) electrons. The lowest BCUT2D eigenvalue weighted by Crippen LogP contribution is -2.32. The van der Waals surface area contributed by atoms with E-state index in [1.54, 1.807) is 0 Å². The molecule has 0 bridgehead atoms. The molecule has 10 heteroatoms. The SMILES string of the molecule is C=CCCCCCCCCCCCCCC[C@H](CC(=O)NC1=NN(c2c(Cl)cc(Cl)cc2Cl)C(=O)C1)C(=O)O. The molecule has 0 fully saturated rings. The summed E-state index contributed by atoms with van der Waals surface area (Å²) in [5.41, 5.74) is 0.176. The average molecular weight is 601 g/mol. The highest BCUT2D eigenvalue weighted by molar-refractivity contribution is 6.42. The van der Waals surface area contributed by atoms with Gasteiger partial charge in [-0.1, -0.05) is 112 Å². The number of hydrazone groups is 1. The van der Waals surface area contributed by atoms with Crippen LogP contribution in [0.3, 0.4) is 0 Å². The van der Waals surface area contributed by atoms with Crippen LogP contribution in [0.4, 0.5) is 5.69 Å². The predicted molar refractivity (Wildman–Crippen MR) is 160 cm³/mol. The number of hydrogen-bond acceptors (Lipinski definition) is 4. The summed E-state index contributed by atoms with van der Waals surface area (Å²) < 4.78 is 0. The number of allylic oxidation sites excluding steroid dienone is 1. The maximum absolute atomic E-state index is 12.5. The van der Waals surface area contributed by atoms with Crippen molar-refractivity contribution in [1.29, 1.82) is 0 Å². The molecule has 2 amide bonds. The van der Waals surface area contributed by atoms with Crippen molar-refractivity contribution in [2.24, 2.45) is 11.0 Å². The van der Waals surface area contributed by atoms with E-state index in [0.29, 0.717) is 11.4 Å². The standard InChI is InChI=1S/C29H40Cl3N3O4/c1-2-3-4-5-6-7-8-9-10-11-12-13-14-15-16-21(29(38)39)17-26(36)33-25-20-27(37)35(34-25)28-23(31)18-22(30)19-24(28)32/h2,18-19,21H,1,3-17,20H2,(H,38,39)(H,33,34,36)/t21-/m1/s1. The van der Waals surface area contributed by atoms with E-state index in [9.17, 15) is 19.5 Å². The number of halogens is 3. The second kappa shape index (κ2) is 18.3. The zero-order valence-corrected chi connectivity index (χ0v) is 24.8. The molecule has 216 valence electrons. The molecule has 0 spiro atoms. The molecule has 1 aliphatic heterocycles. The van der Waals surface area contributed by atoms with Crippen LogP contribution in [0.15, 0.2) is 29.9 Å². The molecule has 1 aromatic rings. The van der Waals surface area contributed by atoms with Gasteiger partial charge in [0.1, 0.15) is 11.5 Å². The highest BCUT2D eigenvalue weighted by atomic mass is 35.5. The van der Waals surface area contributed by atoms with E-state index in [2.05, 4.69) is 17.0 Å². The average Bonchev–Trinajstić information content (AvgIpc) is 3.21. The number of anilines is 1. The van der Waals surface area contributed by atoms with Gasteiger partial charge in [-0.2, -0.15) is 10.1 Å². The smallest absolute Gasteiger partial charge is 0.307 e. The summed E-state index contributed by atoms with van der Waals surface area (Å²) in [6.45, 7) is 3.75. The Hall–Kier alpha value is -2.09. The minimum absolute atomic E-state index is 0.115. The number of carboxylic acid groups (broad SMARTS) is 1. The molecule has 0 unspecified atom stereocenters. The van der Waals surface area contributed by atoms with E-state index in [0.717, 1.165) is 37.1 Å². The van der Waals surface area contributed by atoms with Gasteiger partial charge in [0.25, 0.3) is 5.91 Å². The Kier molecular flexibility index (Phi) is 15.5. The van der Waals surface area contributed by atoms with E-state index in [1.165, 1.54) is 63.5 Å². The quantitative estimate of drug-likeness (QED) is 0.123. The van der Waals surface area contributed by atoms with Crippen molar-refractivity contribution >= 4 is 64.1 Å². The minimum Gasteiger partial charge on any atom is -0.481 e. The zero-order valence-electron chi connectivity index (χ0n) is 22.5. The fraction of sp³-hybridized carbons (Fsp3) is 0.586. The van der Waals surface area contributed by atoms with Crippen molar-refractivity contribution in [3.63, 3.8) is 0 Å². The highest BCUT2D eigenvalue weighted by Gasteiger charge is 2.30. The Balaban J connectivity index is 1.65. The van der Waals surface area contributed by atoms with E-state index in [1.807, 2.05) is 6.08 Å². The first-order chi connectivity index (χ1) is 18.7. The lowest BCUT2D eigenvalue weighted by Gasteiger charge is -2.15. The van der Waals surface area contributed by atoms with Crippen LogP contribution in [0, 0.1) is 5.92 Å². The molecular formula is C29H40Cl3N3O4. The summed E-state index contributed by atoms with van der Waals surface area (Å²) >= 11 is 18.3. The fourth-order valence-electron chi connectivity index (χ4n) is 4.61. The Bertz CT molecular complexity index is 992. The molecule has 0 saturated heterocycles. The summed E-state index contributed by atoms with van der Waals surface area (Å²) in [5.74, 6) is -2.59. The molecule has 2 N–H and O–H groups in total. The van der Waals surface area contributed by atoms with E-state index >= 15 is 0 Å². The lowest BCUT2D eigenvalue weighted by molar-refractivity contribution is -0.144. The van der Waals surface area contributed by atoms with Crippen LogP contribution in [0.1, 0.15) is 103 Å². The first-order valence-electron chi connectivity index (χ1n) is 13.9. The maximum atomic E-state index is 12.5. The number of benzene rings is 1. The molecule has 0 saturated carbocycles. The second-order valence-corrected chi connectivity index (χ2v) is 11.3. The van der Waals surface area contributed by atoms with Gasteiger partial charge in [0.05, 0.1) is 22.4 Å². The third-order valence-electron chi connectivity index (χ3n) is 6.74. The van der Waals surface area contributed by atoms with Crippen LogP contribution in [0.5, 0.6) is 0 Å². The summed E-state index contributed by atoms with van der Waals surface area (Å²) in [5, 5.41) is 17.9. The van der Waals surface area contributed by atoms with Gasteiger partial charge in [0.15, 0.2) is 0 Å². The zero-order chi connectivity index (χ0) is 28.6. The number of carbonyl (C=O) groups excluding carboxylic acids is 2. The number of unbranched alkanes of at least 4 members (excludes halogenated alkanes) is 12. The number of amidine groups is 1. The van der Waals surface area contributed by atoms with Gasteiger partial charge in [-0.3, -0.25) is 14.4 Å². The van der Waals surface area contributed by atoms with E-state index < -0.39 is 23.7 Å². The number of amides is 2. The minimum atomic E-state index is -1.000. The van der Waals surface area contributed by atoms with Gasteiger partial charge in [-0.25, -0.2) is 0 Å². The number of carboxylic acids is 1. The second-order valence-electron chi connectivity index (χ2n) is 10.0. The van der Waals surface area contributed by atoms with Crippen molar-refractivity contribution < 1.29 is 19.5 Å². The van der Waals surface area contributed by atoms with Crippen molar-refractivity contribution in [1.82, 2.24) is 5.32 Å². The first-order valence-corrected chi connectivity index (χ1v) is 15.0. The molecule has 1 aliphatic rings. The van der Waals surface area contributed by atoms with Crippen LogP contribution in [-0.4, -0.2) is 28.7 Å². The van der Waals surface area contributed by atoms with Crippen LogP contribution in [0.25, 0.3) is 0 Å². The summed E-state index contributed by atoms with van der Waals surface area (Å²) in [6, 6.07) is 2.88. The van der Waals surface area contributed by atoms with Crippen molar-refractivity contribution in [3.8, 4) is 0 Å². The van der Waals surface area contributed by atoms with Crippen molar-refractivity contribution in [2.45, 2.75) is 103 Å². The summed E-state index contributed by atoms with van der Waals surface area (Å²) in [6.07, 6.45) is 17.4. The predicted octanol–water partition coefficient (Wildman–Crippen LogP) is 8.55. The largest absolute Gasteiger partial charge is 0.481 e. The molecule has 0 aliphatic carbocycles. The Labute approximate surface area is 246 Å². The highest BCUT2D eigenvalue weighted by Crippen LogP contribution is 2.38.